The van der Waals surface area contributed by atoms with Gasteiger partial charge in [0.1, 0.15) is 11.5 Å². The molecular formula is C13H18BrNO3. The van der Waals surface area contributed by atoms with Crippen LogP contribution in [-0.2, 0) is 4.74 Å². The van der Waals surface area contributed by atoms with E-state index < -0.39 is 0 Å². The van der Waals surface area contributed by atoms with Gasteiger partial charge in [0.25, 0.3) is 5.91 Å². The molecule has 1 aliphatic rings. The molecule has 2 rings (SSSR count). The summed E-state index contributed by atoms with van der Waals surface area (Å²) < 4.78 is 11.9. The quantitative estimate of drug-likeness (QED) is 0.800. The molecule has 1 aromatic heterocycles. The molecule has 0 saturated carbocycles. The topological polar surface area (TPSA) is 42.7 Å². The van der Waals surface area contributed by atoms with E-state index in [0.29, 0.717) is 24.4 Å². The Hall–Kier alpha value is -0.810. The fourth-order valence-electron chi connectivity index (χ4n) is 2.40. The Morgan fingerprint density at radius 2 is 1.78 bits per heavy atom. The lowest BCUT2D eigenvalue weighted by Gasteiger charge is -2.35. The molecule has 0 N–H and O–H groups in total. The average molecular weight is 316 g/mol. The number of nitrogens with zero attached hydrogens (tertiary/aromatic N) is 1. The predicted molar refractivity (Wildman–Crippen MR) is 71.8 cm³/mol. The highest BCUT2D eigenvalue weighted by molar-refractivity contribution is 9.10. The van der Waals surface area contributed by atoms with Gasteiger partial charge in [-0.15, -0.1) is 0 Å². The number of morpholine rings is 1. The summed E-state index contributed by atoms with van der Waals surface area (Å²) in [6, 6.07) is 0. The van der Waals surface area contributed by atoms with E-state index in [2.05, 4.69) is 15.9 Å². The number of furan rings is 1. The molecule has 4 nitrogen and oxygen atoms in total. The van der Waals surface area contributed by atoms with Gasteiger partial charge in [-0.05, 0) is 43.6 Å². The summed E-state index contributed by atoms with van der Waals surface area (Å²) in [5, 5.41) is 0. The summed E-state index contributed by atoms with van der Waals surface area (Å²) in [7, 11) is 0. The first-order chi connectivity index (χ1) is 8.40. The first-order valence-electron chi connectivity index (χ1n) is 6.10. The van der Waals surface area contributed by atoms with Gasteiger partial charge >= 0.3 is 0 Å². The normalized spacial score (nSPS) is 24.4. The number of hydrogen-bond donors (Lipinski definition) is 0. The van der Waals surface area contributed by atoms with Crippen LogP contribution in [0.3, 0.4) is 0 Å². The molecule has 0 aliphatic carbocycles. The number of carbonyl (C=O) groups excluding carboxylic acids is 1. The maximum Gasteiger partial charge on any atom is 0.258 e. The van der Waals surface area contributed by atoms with E-state index in [9.17, 15) is 4.79 Å². The zero-order chi connectivity index (χ0) is 13.4. The second-order valence-electron chi connectivity index (χ2n) is 4.87. The van der Waals surface area contributed by atoms with Crippen LogP contribution >= 0.6 is 15.9 Å². The van der Waals surface area contributed by atoms with Gasteiger partial charge in [-0.1, -0.05) is 0 Å². The second-order valence-corrected chi connectivity index (χ2v) is 5.66. The molecule has 100 valence electrons. The zero-order valence-corrected chi connectivity index (χ0v) is 12.7. The van der Waals surface area contributed by atoms with Crippen molar-refractivity contribution in [2.24, 2.45) is 0 Å². The monoisotopic (exact) mass is 315 g/mol. The Kier molecular flexibility index (Phi) is 3.82. The van der Waals surface area contributed by atoms with Gasteiger partial charge in [0.05, 0.1) is 22.2 Å². The summed E-state index contributed by atoms with van der Waals surface area (Å²) in [4.78, 5) is 14.4. The number of hydrogen-bond acceptors (Lipinski definition) is 3. The van der Waals surface area contributed by atoms with Crippen molar-refractivity contribution in [2.45, 2.75) is 39.9 Å². The van der Waals surface area contributed by atoms with Crippen LogP contribution in [-0.4, -0.2) is 36.1 Å². The first kappa shape index (κ1) is 13.6. The van der Waals surface area contributed by atoms with Crippen molar-refractivity contribution in [1.29, 1.82) is 0 Å². The Balaban J connectivity index is 2.25. The van der Waals surface area contributed by atoms with Crippen LogP contribution in [0.4, 0.5) is 0 Å². The van der Waals surface area contributed by atoms with Gasteiger partial charge in [0, 0.05) is 13.1 Å². The molecule has 0 aromatic carbocycles. The number of aryl methyl sites for hydroxylation is 2. The molecule has 2 heterocycles. The minimum atomic E-state index is 0.0122. The lowest BCUT2D eigenvalue weighted by molar-refractivity contribution is -0.0586. The van der Waals surface area contributed by atoms with Gasteiger partial charge < -0.3 is 14.1 Å². The number of carbonyl (C=O) groups is 1. The van der Waals surface area contributed by atoms with Gasteiger partial charge in [0.2, 0.25) is 0 Å². The summed E-state index contributed by atoms with van der Waals surface area (Å²) in [5.74, 6) is 1.42. The Morgan fingerprint density at radius 1 is 1.22 bits per heavy atom. The smallest absolute Gasteiger partial charge is 0.258 e. The highest BCUT2D eigenvalue weighted by Crippen LogP contribution is 2.29. The third-order valence-electron chi connectivity index (χ3n) is 3.11. The molecule has 1 aromatic rings. The molecule has 5 heteroatoms. The van der Waals surface area contributed by atoms with Crippen molar-refractivity contribution < 1.29 is 13.9 Å². The van der Waals surface area contributed by atoms with E-state index in [0.717, 1.165) is 10.2 Å². The van der Waals surface area contributed by atoms with Crippen molar-refractivity contribution in [3.8, 4) is 0 Å². The van der Waals surface area contributed by atoms with Crippen LogP contribution in [0.2, 0.25) is 0 Å². The molecule has 0 bridgehead atoms. The minimum Gasteiger partial charge on any atom is -0.465 e. The van der Waals surface area contributed by atoms with Crippen LogP contribution in [0.5, 0.6) is 0 Å². The number of amides is 1. The molecule has 1 amide bonds. The van der Waals surface area contributed by atoms with Crippen molar-refractivity contribution in [3.05, 3.63) is 21.6 Å². The molecule has 18 heavy (non-hydrogen) atoms. The standard InChI is InChI=1S/C13H18BrNO3/c1-7-5-15(6-8(2)17-7)13(16)11-9(3)18-10(4)12(11)14/h7-8H,5-6H2,1-4H3. The van der Waals surface area contributed by atoms with Gasteiger partial charge in [-0.2, -0.15) is 0 Å². The van der Waals surface area contributed by atoms with E-state index in [-0.39, 0.29) is 18.1 Å². The first-order valence-corrected chi connectivity index (χ1v) is 6.89. The van der Waals surface area contributed by atoms with Crippen molar-refractivity contribution in [2.75, 3.05) is 13.1 Å². The molecule has 1 aliphatic heterocycles. The molecule has 2 atom stereocenters. The third kappa shape index (κ3) is 2.47. The molecule has 2 unspecified atom stereocenters. The zero-order valence-electron chi connectivity index (χ0n) is 11.1. The maximum absolute atomic E-state index is 12.5. The fourth-order valence-corrected chi connectivity index (χ4v) is 2.93. The summed E-state index contributed by atoms with van der Waals surface area (Å²) in [6.07, 6.45) is 0.148. The van der Waals surface area contributed by atoms with Gasteiger partial charge in [-0.3, -0.25) is 4.79 Å². The molecule has 1 fully saturated rings. The predicted octanol–water partition coefficient (Wildman–Crippen LogP) is 2.91. The van der Waals surface area contributed by atoms with E-state index in [4.69, 9.17) is 9.15 Å². The van der Waals surface area contributed by atoms with Crippen LogP contribution in [0.1, 0.15) is 35.7 Å². The van der Waals surface area contributed by atoms with Crippen LogP contribution in [0.15, 0.2) is 8.89 Å². The van der Waals surface area contributed by atoms with E-state index in [1.807, 2.05) is 32.6 Å². The van der Waals surface area contributed by atoms with Crippen LogP contribution in [0, 0.1) is 13.8 Å². The van der Waals surface area contributed by atoms with Gasteiger partial charge in [0.15, 0.2) is 0 Å². The van der Waals surface area contributed by atoms with E-state index >= 15 is 0 Å². The Morgan fingerprint density at radius 3 is 2.22 bits per heavy atom. The molecule has 1 saturated heterocycles. The second kappa shape index (κ2) is 5.05. The number of rotatable bonds is 1. The largest absolute Gasteiger partial charge is 0.465 e. The van der Waals surface area contributed by atoms with E-state index in [1.54, 1.807) is 0 Å². The SMILES string of the molecule is Cc1oc(C)c(C(=O)N2CC(C)OC(C)C2)c1Br. The highest BCUT2D eigenvalue weighted by Gasteiger charge is 2.30. The van der Waals surface area contributed by atoms with Crippen LogP contribution in [0.25, 0.3) is 0 Å². The fraction of sp³-hybridized carbons (Fsp3) is 0.615. The third-order valence-corrected chi connectivity index (χ3v) is 4.06. The summed E-state index contributed by atoms with van der Waals surface area (Å²) in [6.45, 7) is 8.88. The highest BCUT2D eigenvalue weighted by atomic mass is 79.9. The maximum atomic E-state index is 12.5. The lowest BCUT2D eigenvalue weighted by atomic mass is 10.1. The number of ether oxygens (including phenoxy) is 1. The van der Waals surface area contributed by atoms with Crippen LogP contribution < -0.4 is 0 Å². The molecule has 0 radical (unpaired) electrons. The summed E-state index contributed by atoms with van der Waals surface area (Å²) >= 11 is 3.43. The number of halogens is 1. The summed E-state index contributed by atoms with van der Waals surface area (Å²) in [5.41, 5.74) is 0.633. The Bertz CT molecular complexity index is 459. The minimum absolute atomic E-state index is 0.0122. The van der Waals surface area contributed by atoms with E-state index in [1.165, 1.54) is 0 Å². The molecular weight excluding hydrogens is 298 g/mol. The average Bonchev–Trinajstić information content (AvgIpc) is 2.51. The Labute approximate surface area is 115 Å². The van der Waals surface area contributed by atoms with Crippen molar-refractivity contribution in [1.82, 2.24) is 4.90 Å². The van der Waals surface area contributed by atoms with Gasteiger partial charge in [-0.25, -0.2) is 0 Å². The van der Waals surface area contributed by atoms with Crippen molar-refractivity contribution in [3.63, 3.8) is 0 Å². The lowest BCUT2D eigenvalue weighted by Crippen LogP contribution is -2.48. The molecule has 0 spiro atoms. The van der Waals surface area contributed by atoms with Crippen molar-refractivity contribution >= 4 is 21.8 Å².